The second-order valence-electron chi connectivity index (χ2n) is 5.71. The average Bonchev–Trinajstić information content (AvgIpc) is 2.28. The van der Waals surface area contributed by atoms with Gasteiger partial charge < -0.3 is 15.8 Å². The largest absolute Gasteiger partial charge is 0.379 e. The average molecular weight is 256 g/mol. The number of rotatable bonds is 9. The van der Waals surface area contributed by atoms with Crippen LogP contribution in [0.3, 0.4) is 0 Å². The molecule has 0 bridgehead atoms. The number of nitrogens with two attached hydrogens (primary N) is 1. The molecule has 4 nitrogen and oxygen atoms in total. The lowest BCUT2D eigenvalue weighted by Crippen LogP contribution is -2.42. The van der Waals surface area contributed by atoms with Gasteiger partial charge in [0, 0.05) is 19.6 Å². The number of unbranched alkanes of at least 4 members (excludes halogenated alkanes) is 1. The van der Waals surface area contributed by atoms with Crippen molar-refractivity contribution in [1.29, 1.82) is 0 Å². The number of nitrogens with one attached hydrogen (secondary N) is 1. The molecular weight excluding hydrogens is 228 g/mol. The molecular formula is C14H28N2O2. The highest BCUT2D eigenvalue weighted by molar-refractivity contribution is 5.76. The van der Waals surface area contributed by atoms with E-state index in [4.69, 9.17) is 10.5 Å². The molecule has 0 aromatic carbocycles. The number of hydrogen-bond donors (Lipinski definition) is 2. The Bertz CT molecular complexity index is 245. The minimum atomic E-state index is 0.116. The maximum Gasteiger partial charge on any atom is 0.220 e. The summed E-state index contributed by atoms with van der Waals surface area (Å²) in [4.78, 5) is 11.8. The van der Waals surface area contributed by atoms with Crippen LogP contribution in [-0.2, 0) is 9.53 Å². The fourth-order valence-corrected chi connectivity index (χ4v) is 2.31. The lowest BCUT2D eigenvalue weighted by atomic mass is 9.66. The van der Waals surface area contributed by atoms with Gasteiger partial charge in [-0.2, -0.15) is 0 Å². The molecule has 106 valence electrons. The highest BCUT2D eigenvalue weighted by Crippen LogP contribution is 2.42. The SMILES string of the molecule is CC(C)OCCCCNC(=O)CC1(CN)CCC1. The predicted octanol–water partition coefficient (Wildman–Crippen LogP) is 1.83. The molecule has 1 aliphatic rings. The number of ether oxygens (including phenoxy) is 1. The van der Waals surface area contributed by atoms with Crippen molar-refractivity contribution in [2.24, 2.45) is 11.1 Å². The summed E-state index contributed by atoms with van der Waals surface area (Å²) in [7, 11) is 0. The van der Waals surface area contributed by atoms with Crippen molar-refractivity contribution in [1.82, 2.24) is 5.32 Å². The third-order valence-corrected chi connectivity index (χ3v) is 3.73. The van der Waals surface area contributed by atoms with E-state index in [-0.39, 0.29) is 11.3 Å². The molecule has 0 radical (unpaired) electrons. The number of amides is 1. The zero-order valence-electron chi connectivity index (χ0n) is 11.8. The van der Waals surface area contributed by atoms with Gasteiger partial charge in [0.15, 0.2) is 0 Å². The molecule has 0 aromatic rings. The Balaban J connectivity index is 2.00. The Morgan fingerprint density at radius 1 is 1.39 bits per heavy atom. The highest BCUT2D eigenvalue weighted by Gasteiger charge is 2.37. The van der Waals surface area contributed by atoms with E-state index in [0.29, 0.717) is 19.1 Å². The lowest BCUT2D eigenvalue weighted by Gasteiger charge is -2.40. The molecule has 0 unspecified atom stereocenters. The smallest absolute Gasteiger partial charge is 0.220 e. The molecule has 1 saturated carbocycles. The summed E-state index contributed by atoms with van der Waals surface area (Å²) in [5.41, 5.74) is 5.86. The Morgan fingerprint density at radius 2 is 2.11 bits per heavy atom. The van der Waals surface area contributed by atoms with Crippen LogP contribution in [0.5, 0.6) is 0 Å². The van der Waals surface area contributed by atoms with Crippen molar-refractivity contribution in [3.63, 3.8) is 0 Å². The van der Waals surface area contributed by atoms with Gasteiger partial charge in [0.2, 0.25) is 5.91 Å². The quantitative estimate of drug-likeness (QED) is 0.619. The van der Waals surface area contributed by atoms with Gasteiger partial charge in [0.25, 0.3) is 0 Å². The molecule has 3 N–H and O–H groups in total. The predicted molar refractivity (Wildman–Crippen MR) is 73.3 cm³/mol. The molecule has 1 rings (SSSR count). The fourth-order valence-electron chi connectivity index (χ4n) is 2.31. The van der Waals surface area contributed by atoms with Gasteiger partial charge in [-0.05, 0) is 51.5 Å². The molecule has 4 heteroatoms. The molecule has 0 aromatic heterocycles. The maximum atomic E-state index is 11.8. The van der Waals surface area contributed by atoms with Gasteiger partial charge in [-0.1, -0.05) is 6.42 Å². The molecule has 1 aliphatic carbocycles. The van der Waals surface area contributed by atoms with E-state index >= 15 is 0 Å². The van der Waals surface area contributed by atoms with Crippen LogP contribution in [0.4, 0.5) is 0 Å². The molecule has 1 fully saturated rings. The number of carbonyl (C=O) groups excluding carboxylic acids is 1. The highest BCUT2D eigenvalue weighted by atomic mass is 16.5. The number of hydrogen-bond acceptors (Lipinski definition) is 3. The first-order valence-corrected chi connectivity index (χ1v) is 7.16. The van der Waals surface area contributed by atoms with E-state index < -0.39 is 0 Å². The van der Waals surface area contributed by atoms with Gasteiger partial charge in [0.05, 0.1) is 6.10 Å². The van der Waals surface area contributed by atoms with E-state index in [1.54, 1.807) is 0 Å². The van der Waals surface area contributed by atoms with Crippen LogP contribution in [0, 0.1) is 5.41 Å². The second-order valence-corrected chi connectivity index (χ2v) is 5.71. The summed E-state index contributed by atoms with van der Waals surface area (Å²) < 4.78 is 5.44. The van der Waals surface area contributed by atoms with Crippen LogP contribution >= 0.6 is 0 Å². The first-order valence-electron chi connectivity index (χ1n) is 7.16. The molecule has 0 spiro atoms. The standard InChI is InChI=1S/C14H28N2O2/c1-12(2)18-9-4-3-8-16-13(17)10-14(11-15)6-5-7-14/h12H,3-11,15H2,1-2H3,(H,16,17). The van der Waals surface area contributed by atoms with Crippen molar-refractivity contribution >= 4 is 5.91 Å². The lowest BCUT2D eigenvalue weighted by molar-refractivity contribution is -0.124. The minimum absolute atomic E-state index is 0.116. The van der Waals surface area contributed by atoms with Crippen LogP contribution in [0.15, 0.2) is 0 Å². The van der Waals surface area contributed by atoms with E-state index in [1.807, 2.05) is 13.8 Å². The first kappa shape index (κ1) is 15.4. The van der Waals surface area contributed by atoms with Gasteiger partial charge in [0.1, 0.15) is 0 Å². The number of carbonyl (C=O) groups is 1. The Morgan fingerprint density at radius 3 is 2.61 bits per heavy atom. The van der Waals surface area contributed by atoms with Crippen LogP contribution in [0.2, 0.25) is 0 Å². The van der Waals surface area contributed by atoms with Gasteiger partial charge in [-0.25, -0.2) is 0 Å². The van der Waals surface area contributed by atoms with Gasteiger partial charge in [-0.15, -0.1) is 0 Å². The zero-order valence-corrected chi connectivity index (χ0v) is 11.8. The molecule has 18 heavy (non-hydrogen) atoms. The second kappa shape index (κ2) is 7.74. The third kappa shape index (κ3) is 5.36. The van der Waals surface area contributed by atoms with Crippen molar-refractivity contribution < 1.29 is 9.53 Å². The van der Waals surface area contributed by atoms with Crippen LogP contribution in [0.25, 0.3) is 0 Å². The van der Waals surface area contributed by atoms with Crippen LogP contribution in [0.1, 0.15) is 52.4 Å². The van der Waals surface area contributed by atoms with Gasteiger partial charge in [-0.3, -0.25) is 4.79 Å². The fraction of sp³-hybridized carbons (Fsp3) is 0.929. The van der Waals surface area contributed by atoms with Crippen LogP contribution in [-0.4, -0.2) is 31.7 Å². The van der Waals surface area contributed by atoms with Crippen molar-refractivity contribution in [3.05, 3.63) is 0 Å². The monoisotopic (exact) mass is 256 g/mol. The van der Waals surface area contributed by atoms with Gasteiger partial charge >= 0.3 is 0 Å². The summed E-state index contributed by atoms with van der Waals surface area (Å²) in [6.07, 6.45) is 6.32. The molecule has 1 amide bonds. The minimum Gasteiger partial charge on any atom is -0.379 e. The van der Waals surface area contributed by atoms with Crippen molar-refractivity contribution in [2.75, 3.05) is 19.7 Å². The maximum absolute atomic E-state index is 11.8. The summed E-state index contributed by atoms with van der Waals surface area (Å²) in [5, 5.41) is 2.98. The van der Waals surface area contributed by atoms with E-state index in [0.717, 1.165) is 38.8 Å². The summed E-state index contributed by atoms with van der Waals surface area (Å²) >= 11 is 0. The molecule has 0 atom stereocenters. The summed E-state index contributed by atoms with van der Waals surface area (Å²) in [6, 6.07) is 0. The Labute approximate surface area is 111 Å². The topological polar surface area (TPSA) is 64.3 Å². The first-order chi connectivity index (χ1) is 8.58. The molecule has 0 heterocycles. The molecule has 0 aliphatic heterocycles. The van der Waals surface area contributed by atoms with E-state index in [9.17, 15) is 4.79 Å². The zero-order chi connectivity index (χ0) is 13.4. The van der Waals surface area contributed by atoms with E-state index in [1.165, 1.54) is 6.42 Å². The normalized spacial score (nSPS) is 17.6. The summed E-state index contributed by atoms with van der Waals surface area (Å²) in [5.74, 6) is 0.157. The van der Waals surface area contributed by atoms with Crippen molar-refractivity contribution in [2.45, 2.75) is 58.5 Å². The summed E-state index contributed by atoms with van der Waals surface area (Å²) in [6.45, 7) is 6.24. The Kier molecular flexibility index (Phi) is 6.65. The van der Waals surface area contributed by atoms with E-state index in [2.05, 4.69) is 5.32 Å². The molecule has 0 saturated heterocycles. The Hall–Kier alpha value is -0.610. The third-order valence-electron chi connectivity index (χ3n) is 3.73. The van der Waals surface area contributed by atoms with Crippen LogP contribution < -0.4 is 11.1 Å². The van der Waals surface area contributed by atoms with Crippen molar-refractivity contribution in [3.8, 4) is 0 Å².